The minimum atomic E-state index is -0.415. The summed E-state index contributed by atoms with van der Waals surface area (Å²) in [7, 11) is 0. The smallest absolute Gasteiger partial charge is 0.336 e. The maximum atomic E-state index is 11.6. The van der Waals surface area contributed by atoms with Crippen molar-refractivity contribution in [2.75, 3.05) is 0 Å². The number of fused-ring (bicyclic) bond motifs is 1. The molecular weight excluding hydrogens is 280 g/mol. The van der Waals surface area contributed by atoms with Gasteiger partial charge in [-0.1, -0.05) is 6.07 Å². The highest BCUT2D eigenvalue weighted by Crippen LogP contribution is 2.27. The van der Waals surface area contributed by atoms with Crippen LogP contribution in [0.5, 0.6) is 5.75 Å². The van der Waals surface area contributed by atoms with E-state index in [4.69, 9.17) is 4.42 Å². The van der Waals surface area contributed by atoms with Gasteiger partial charge >= 0.3 is 5.63 Å². The fraction of sp³-hybridized carbons (Fsp3) is 0.176. The molecule has 5 heteroatoms. The third-order valence-corrected chi connectivity index (χ3v) is 3.53. The first kappa shape index (κ1) is 14.3. The van der Waals surface area contributed by atoms with Gasteiger partial charge in [0, 0.05) is 30.7 Å². The minimum absolute atomic E-state index is 0.106. The van der Waals surface area contributed by atoms with Gasteiger partial charge in [-0.15, -0.1) is 0 Å². The van der Waals surface area contributed by atoms with E-state index in [1.165, 1.54) is 6.07 Å². The lowest BCUT2D eigenvalue weighted by Gasteiger charge is -2.10. The zero-order valence-electron chi connectivity index (χ0n) is 12.2. The molecule has 2 aromatic heterocycles. The molecule has 0 bridgehead atoms. The zero-order valence-corrected chi connectivity index (χ0v) is 12.2. The number of hydrogen-bond donors (Lipinski definition) is 2. The normalized spacial score (nSPS) is 11.0. The van der Waals surface area contributed by atoms with Crippen molar-refractivity contribution in [2.45, 2.75) is 20.0 Å². The topological polar surface area (TPSA) is 75.4 Å². The van der Waals surface area contributed by atoms with Crippen LogP contribution in [-0.2, 0) is 13.1 Å². The largest absolute Gasteiger partial charge is 0.507 e. The summed E-state index contributed by atoms with van der Waals surface area (Å²) in [5, 5.41) is 14.1. The molecule has 0 saturated carbocycles. The molecule has 0 spiro atoms. The molecule has 0 saturated heterocycles. The van der Waals surface area contributed by atoms with Crippen LogP contribution in [0.25, 0.3) is 11.0 Å². The van der Waals surface area contributed by atoms with Crippen LogP contribution in [0.15, 0.2) is 51.8 Å². The van der Waals surface area contributed by atoms with Crippen molar-refractivity contribution in [1.29, 1.82) is 0 Å². The van der Waals surface area contributed by atoms with E-state index < -0.39 is 5.63 Å². The number of pyridine rings is 1. The Bertz CT molecular complexity index is 857. The van der Waals surface area contributed by atoms with E-state index in [0.717, 1.165) is 16.6 Å². The molecule has 5 nitrogen and oxygen atoms in total. The molecule has 0 aliphatic rings. The highest BCUT2D eigenvalue weighted by atomic mass is 16.4. The second-order valence-electron chi connectivity index (χ2n) is 5.11. The molecule has 3 rings (SSSR count). The third-order valence-electron chi connectivity index (χ3n) is 3.53. The van der Waals surface area contributed by atoms with Crippen molar-refractivity contribution in [3.05, 3.63) is 69.8 Å². The van der Waals surface area contributed by atoms with E-state index in [1.807, 2.05) is 25.1 Å². The second-order valence-corrected chi connectivity index (χ2v) is 5.11. The lowest BCUT2D eigenvalue weighted by Crippen LogP contribution is -2.14. The third kappa shape index (κ3) is 2.84. The van der Waals surface area contributed by atoms with Crippen molar-refractivity contribution >= 4 is 11.0 Å². The van der Waals surface area contributed by atoms with Gasteiger partial charge in [0.2, 0.25) is 0 Å². The van der Waals surface area contributed by atoms with E-state index in [-0.39, 0.29) is 5.75 Å². The Morgan fingerprint density at radius 1 is 1.23 bits per heavy atom. The fourth-order valence-corrected chi connectivity index (χ4v) is 2.42. The van der Waals surface area contributed by atoms with Gasteiger partial charge in [0.25, 0.3) is 0 Å². The van der Waals surface area contributed by atoms with Crippen LogP contribution in [-0.4, -0.2) is 10.1 Å². The van der Waals surface area contributed by atoms with Crippen LogP contribution in [0.2, 0.25) is 0 Å². The van der Waals surface area contributed by atoms with Crippen LogP contribution >= 0.6 is 0 Å². The van der Waals surface area contributed by atoms with Crippen LogP contribution in [0.4, 0.5) is 0 Å². The van der Waals surface area contributed by atoms with Crippen LogP contribution in [0, 0.1) is 6.92 Å². The van der Waals surface area contributed by atoms with Gasteiger partial charge in [-0.2, -0.15) is 0 Å². The molecule has 1 aromatic carbocycles. The maximum Gasteiger partial charge on any atom is 0.336 e. The number of phenolic OH excluding ortho intramolecular Hbond substituents is 1. The molecule has 112 valence electrons. The lowest BCUT2D eigenvalue weighted by atomic mass is 10.1. The van der Waals surface area contributed by atoms with E-state index in [2.05, 4.69) is 10.3 Å². The molecule has 0 fully saturated rings. The fourth-order valence-electron chi connectivity index (χ4n) is 2.42. The van der Waals surface area contributed by atoms with Gasteiger partial charge < -0.3 is 14.8 Å². The van der Waals surface area contributed by atoms with Crippen molar-refractivity contribution in [3.8, 4) is 5.75 Å². The minimum Gasteiger partial charge on any atom is -0.507 e. The van der Waals surface area contributed by atoms with Crippen LogP contribution < -0.4 is 10.9 Å². The summed E-state index contributed by atoms with van der Waals surface area (Å²) >= 11 is 0. The van der Waals surface area contributed by atoms with Crippen LogP contribution in [0.3, 0.4) is 0 Å². The van der Waals surface area contributed by atoms with Crippen LogP contribution in [0.1, 0.15) is 16.8 Å². The lowest BCUT2D eigenvalue weighted by molar-refractivity contribution is 0.460. The molecular formula is C17H16N2O3. The highest BCUT2D eigenvalue weighted by molar-refractivity contribution is 5.84. The molecule has 2 heterocycles. The number of nitrogens with zero attached hydrogens (tertiary/aromatic N) is 1. The van der Waals surface area contributed by atoms with Crippen molar-refractivity contribution in [2.24, 2.45) is 0 Å². The Morgan fingerprint density at radius 2 is 2.09 bits per heavy atom. The summed E-state index contributed by atoms with van der Waals surface area (Å²) in [6.45, 7) is 2.79. The Balaban J connectivity index is 1.89. The Hall–Kier alpha value is -2.66. The standard InChI is InChI=1S/C17H16N2O3/c1-11-8-16(21)22-17-13(11)5-6-15(20)14(17)10-18-9-12-4-2-3-7-19-12/h2-8,18,20H,9-10H2,1H3. The summed E-state index contributed by atoms with van der Waals surface area (Å²) in [5.74, 6) is 0.106. The number of aryl methyl sites for hydroxylation is 1. The maximum absolute atomic E-state index is 11.6. The predicted molar refractivity (Wildman–Crippen MR) is 83.7 cm³/mol. The number of phenols is 1. The van der Waals surface area contributed by atoms with Gasteiger partial charge in [0.15, 0.2) is 0 Å². The van der Waals surface area contributed by atoms with Gasteiger partial charge in [-0.25, -0.2) is 4.79 Å². The molecule has 0 aliphatic heterocycles. The van der Waals surface area contributed by atoms with Gasteiger partial charge in [0.1, 0.15) is 11.3 Å². The van der Waals surface area contributed by atoms with Crippen molar-refractivity contribution in [3.63, 3.8) is 0 Å². The number of nitrogens with one attached hydrogen (secondary N) is 1. The first-order valence-corrected chi connectivity index (χ1v) is 7.01. The molecule has 3 aromatic rings. The number of aromatic nitrogens is 1. The number of hydrogen-bond acceptors (Lipinski definition) is 5. The molecule has 2 N–H and O–H groups in total. The molecule has 0 atom stereocenters. The molecule has 0 radical (unpaired) electrons. The highest BCUT2D eigenvalue weighted by Gasteiger charge is 2.11. The summed E-state index contributed by atoms with van der Waals surface area (Å²) in [4.78, 5) is 15.8. The first-order valence-electron chi connectivity index (χ1n) is 7.01. The molecule has 0 amide bonds. The number of rotatable bonds is 4. The van der Waals surface area contributed by atoms with E-state index in [1.54, 1.807) is 18.3 Å². The van der Waals surface area contributed by atoms with Crippen molar-refractivity contribution < 1.29 is 9.52 Å². The zero-order chi connectivity index (χ0) is 15.5. The molecule has 22 heavy (non-hydrogen) atoms. The molecule has 0 unspecified atom stereocenters. The number of aromatic hydroxyl groups is 1. The van der Waals surface area contributed by atoms with Gasteiger partial charge in [-0.3, -0.25) is 4.98 Å². The van der Waals surface area contributed by atoms with Gasteiger partial charge in [-0.05, 0) is 36.8 Å². The number of benzene rings is 1. The Kier molecular flexibility index (Phi) is 3.89. The second kappa shape index (κ2) is 5.99. The molecule has 0 aliphatic carbocycles. The monoisotopic (exact) mass is 296 g/mol. The quantitative estimate of drug-likeness (QED) is 0.723. The predicted octanol–water partition coefficient (Wildman–Crippen LogP) is 2.49. The Labute approximate surface area is 127 Å². The van der Waals surface area contributed by atoms with E-state index >= 15 is 0 Å². The summed E-state index contributed by atoms with van der Waals surface area (Å²) in [5.41, 5.74) is 2.33. The van der Waals surface area contributed by atoms with E-state index in [0.29, 0.717) is 24.2 Å². The van der Waals surface area contributed by atoms with E-state index in [9.17, 15) is 9.90 Å². The first-order chi connectivity index (χ1) is 10.6. The van der Waals surface area contributed by atoms with Crippen molar-refractivity contribution in [1.82, 2.24) is 10.3 Å². The average Bonchev–Trinajstić information content (AvgIpc) is 2.50. The SMILES string of the molecule is Cc1cc(=O)oc2c(CNCc3ccccn3)c(O)ccc12. The summed E-state index contributed by atoms with van der Waals surface area (Å²) in [6, 6.07) is 10.5. The summed E-state index contributed by atoms with van der Waals surface area (Å²) < 4.78 is 5.29. The Morgan fingerprint density at radius 3 is 2.86 bits per heavy atom. The average molecular weight is 296 g/mol. The summed E-state index contributed by atoms with van der Waals surface area (Å²) in [6.07, 6.45) is 1.73. The van der Waals surface area contributed by atoms with Gasteiger partial charge in [0.05, 0.1) is 11.3 Å².